The molecular formula is C14H22ClN3O. The third-order valence-electron chi connectivity index (χ3n) is 3.79. The second-order valence-electron chi connectivity index (χ2n) is 6.53. The SMILES string of the molecule is CC(Nc1c(Cl)cnn(CC2CC2)c1=O)C(C)(C)C. The highest BCUT2D eigenvalue weighted by Gasteiger charge is 2.25. The van der Waals surface area contributed by atoms with Gasteiger partial charge in [0.15, 0.2) is 0 Å². The second kappa shape index (κ2) is 5.16. The van der Waals surface area contributed by atoms with Gasteiger partial charge in [0.2, 0.25) is 0 Å². The summed E-state index contributed by atoms with van der Waals surface area (Å²) in [5.74, 6) is 0.610. The van der Waals surface area contributed by atoms with E-state index in [1.165, 1.54) is 17.5 Å². The molecule has 4 nitrogen and oxygen atoms in total. The number of halogens is 1. The maximum absolute atomic E-state index is 12.4. The predicted molar refractivity (Wildman–Crippen MR) is 78.8 cm³/mol. The quantitative estimate of drug-likeness (QED) is 0.923. The fourth-order valence-electron chi connectivity index (χ4n) is 1.71. The van der Waals surface area contributed by atoms with Gasteiger partial charge in [-0.3, -0.25) is 4.79 Å². The van der Waals surface area contributed by atoms with Gasteiger partial charge in [-0.05, 0) is 31.1 Å². The Kier molecular flexibility index (Phi) is 3.90. The summed E-state index contributed by atoms with van der Waals surface area (Å²) < 4.78 is 1.53. The lowest BCUT2D eigenvalue weighted by atomic mass is 9.88. The van der Waals surface area contributed by atoms with Crippen molar-refractivity contribution < 1.29 is 0 Å². The molecule has 0 aromatic carbocycles. The summed E-state index contributed by atoms with van der Waals surface area (Å²) in [5, 5.41) is 7.76. The van der Waals surface area contributed by atoms with Crippen molar-refractivity contribution in [3.8, 4) is 0 Å². The minimum Gasteiger partial charge on any atom is -0.376 e. The lowest BCUT2D eigenvalue weighted by Crippen LogP contribution is -2.35. The Morgan fingerprint density at radius 3 is 2.68 bits per heavy atom. The highest BCUT2D eigenvalue weighted by atomic mass is 35.5. The van der Waals surface area contributed by atoms with E-state index in [2.05, 4.69) is 38.1 Å². The van der Waals surface area contributed by atoms with Crippen molar-refractivity contribution in [3.63, 3.8) is 0 Å². The maximum Gasteiger partial charge on any atom is 0.291 e. The molecule has 5 heteroatoms. The average Bonchev–Trinajstić information content (AvgIpc) is 3.10. The van der Waals surface area contributed by atoms with Crippen molar-refractivity contribution in [2.24, 2.45) is 11.3 Å². The normalized spacial score (nSPS) is 17.3. The summed E-state index contributed by atoms with van der Waals surface area (Å²) >= 11 is 6.11. The van der Waals surface area contributed by atoms with E-state index in [-0.39, 0.29) is 17.0 Å². The Hall–Kier alpha value is -1.03. The smallest absolute Gasteiger partial charge is 0.291 e. The molecule has 2 rings (SSSR count). The van der Waals surface area contributed by atoms with Gasteiger partial charge in [0.05, 0.1) is 11.2 Å². The van der Waals surface area contributed by atoms with E-state index in [0.717, 1.165) is 0 Å². The van der Waals surface area contributed by atoms with Crippen molar-refractivity contribution in [3.05, 3.63) is 21.6 Å². The first-order valence-corrected chi connectivity index (χ1v) is 7.19. The summed E-state index contributed by atoms with van der Waals surface area (Å²) in [6.45, 7) is 9.14. The molecule has 19 heavy (non-hydrogen) atoms. The van der Waals surface area contributed by atoms with Crippen molar-refractivity contribution in [1.29, 1.82) is 0 Å². The first-order valence-electron chi connectivity index (χ1n) is 6.81. The minimum atomic E-state index is -0.115. The molecule has 1 aliphatic rings. The van der Waals surface area contributed by atoms with Crippen molar-refractivity contribution in [2.75, 3.05) is 5.32 Å². The standard InChI is InChI=1S/C14H22ClN3O/c1-9(14(2,3)4)17-12-11(15)7-16-18(13(12)19)8-10-5-6-10/h7,9-10,17H,5-6,8H2,1-4H3. The van der Waals surface area contributed by atoms with Crippen LogP contribution >= 0.6 is 11.6 Å². The molecule has 0 spiro atoms. The lowest BCUT2D eigenvalue weighted by Gasteiger charge is -2.29. The molecule has 1 N–H and O–H groups in total. The number of anilines is 1. The highest BCUT2D eigenvalue weighted by Crippen LogP contribution is 2.30. The predicted octanol–water partition coefficient (Wildman–Crippen LogP) is 3.15. The Morgan fingerprint density at radius 2 is 2.16 bits per heavy atom. The Labute approximate surface area is 119 Å². The van der Waals surface area contributed by atoms with Crippen LogP contribution in [0.3, 0.4) is 0 Å². The summed E-state index contributed by atoms with van der Waals surface area (Å²) in [6.07, 6.45) is 3.94. The monoisotopic (exact) mass is 283 g/mol. The molecule has 1 saturated carbocycles. The van der Waals surface area contributed by atoms with Crippen LogP contribution in [0, 0.1) is 11.3 Å². The van der Waals surface area contributed by atoms with Gasteiger partial charge in [0, 0.05) is 12.6 Å². The van der Waals surface area contributed by atoms with Crippen LogP contribution in [0.1, 0.15) is 40.5 Å². The minimum absolute atomic E-state index is 0.0559. The molecule has 0 radical (unpaired) electrons. The van der Waals surface area contributed by atoms with Crippen LogP contribution in [0.2, 0.25) is 5.02 Å². The fraction of sp³-hybridized carbons (Fsp3) is 0.714. The molecule has 106 valence electrons. The number of rotatable bonds is 4. The lowest BCUT2D eigenvalue weighted by molar-refractivity contribution is 0.358. The summed E-state index contributed by atoms with van der Waals surface area (Å²) in [5.41, 5.74) is 0.413. The second-order valence-corrected chi connectivity index (χ2v) is 6.94. The number of hydrogen-bond donors (Lipinski definition) is 1. The third kappa shape index (κ3) is 3.50. The molecule has 0 amide bonds. The van der Waals surface area contributed by atoms with E-state index in [9.17, 15) is 4.79 Å². The maximum atomic E-state index is 12.4. The molecule has 0 saturated heterocycles. The molecule has 1 heterocycles. The number of hydrogen-bond acceptors (Lipinski definition) is 3. The summed E-state index contributed by atoms with van der Waals surface area (Å²) in [4.78, 5) is 12.4. The first kappa shape index (κ1) is 14.4. The summed E-state index contributed by atoms with van der Waals surface area (Å²) in [7, 11) is 0. The Balaban J connectivity index is 2.25. The summed E-state index contributed by atoms with van der Waals surface area (Å²) in [6, 6.07) is 0.148. The van der Waals surface area contributed by atoms with E-state index >= 15 is 0 Å². The number of nitrogens with zero attached hydrogens (tertiary/aromatic N) is 2. The van der Waals surface area contributed by atoms with Crippen LogP contribution in [0.25, 0.3) is 0 Å². The molecule has 1 unspecified atom stereocenters. The highest BCUT2D eigenvalue weighted by molar-refractivity contribution is 6.33. The molecule has 0 aliphatic heterocycles. The van der Waals surface area contributed by atoms with E-state index < -0.39 is 0 Å². The number of nitrogens with one attached hydrogen (secondary N) is 1. The molecule has 1 atom stereocenters. The van der Waals surface area contributed by atoms with Crippen LogP contribution in [0.5, 0.6) is 0 Å². The Morgan fingerprint density at radius 1 is 1.53 bits per heavy atom. The molecular weight excluding hydrogens is 262 g/mol. The van der Waals surface area contributed by atoms with Gasteiger partial charge in [-0.25, -0.2) is 4.68 Å². The van der Waals surface area contributed by atoms with Crippen molar-refractivity contribution >= 4 is 17.3 Å². The van der Waals surface area contributed by atoms with Crippen molar-refractivity contribution in [1.82, 2.24) is 9.78 Å². The van der Waals surface area contributed by atoms with Crippen molar-refractivity contribution in [2.45, 2.75) is 53.1 Å². The number of aromatic nitrogens is 2. The van der Waals surface area contributed by atoms with Gasteiger partial charge < -0.3 is 5.32 Å². The van der Waals surface area contributed by atoms with E-state index in [1.807, 2.05) is 0 Å². The van der Waals surface area contributed by atoms with Crippen LogP contribution in [-0.4, -0.2) is 15.8 Å². The van der Waals surface area contributed by atoms with Crippen LogP contribution in [0.15, 0.2) is 11.0 Å². The topological polar surface area (TPSA) is 46.9 Å². The molecule has 1 aliphatic carbocycles. The fourth-order valence-corrected chi connectivity index (χ4v) is 1.89. The van der Waals surface area contributed by atoms with Crippen LogP contribution < -0.4 is 10.9 Å². The van der Waals surface area contributed by atoms with E-state index in [0.29, 0.717) is 23.2 Å². The molecule has 0 bridgehead atoms. The van der Waals surface area contributed by atoms with Crippen LogP contribution in [0.4, 0.5) is 5.69 Å². The van der Waals surface area contributed by atoms with E-state index in [4.69, 9.17) is 11.6 Å². The molecule has 1 fully saturated rings. The van der Waals surface area contributed by atoms with Gasteiger partial charge in [-0.15, -0.1) is 0 Å². The van der Waals surface area contributed by atoms with E-state index in [1.54, 1.807) is 6.20 Å². The molecule has 1 aromatic rings. The molecule has 1 aromatic heterocycles. The third-order valence-corrected chi connectivity index (χ3v) is 4.07. The van der Waals surface area contributed by atoms with Gasteiger partial charge in [-0.1, -0.05) is 32.4 Å². The van der Waals surface area contributed by atoms with Gasteiger partial charge in [-0.2, -0.15) is 5.10 Å². The zero-order valence-electron chi connectivity index (χ0n) is 12.0. The Bertz CT molecular complexity index is 514. The van der Waals surface area contributed by atoms with Gasteiger partial charge in [0.1, 0.15) is 5.69 Å². The van der Waals surface area contributed by atoms with Gasteiger partial charge in [0.25, 0.3) is 5.56 Å². The largest absolute Gasteiger partial charge is 0.376 e. The average molecular weight is 284 g/mol. The zero-order valence-corrected chi connectivity index (χ0v) is 12.8. The van der Waals surface area contributed by atoms with Crippen LogP contribution in [-0.2, 0) is 6.54 Å². The first-order chi connectivity index (χ1) is 8.79. The zero-order chi connectivity index (χ0) is 14.2. The van der Waals surface area contributed by atoms with Gasteiger partial charge >= 0.3 is 0 Å².